The van der Waals surface area contributed by atoms with E-state index in [1.54, 1.807) is 0 Å². The second kappa shape index (κ2) is 5.28. The minimum atomic E-state index is -0.392. The minimum Gasteiger partial charge on any atom is -0.325 e. The quantitative estimate of drug-likeness (QED) is 0.821. The van der Waals surface area contributed by atoms with E-state index >= 15 is 0 Å². The van der Waals surface area contributed by atoms with Crippen molar-refractivity contribution in [1.29, 1.82) is 0 Å². The highest BCUT2D eigenvalue weighted by molar-refractivity contribution is 5.99. The van der Waals surface area contributed by atoms with Crippen LogP contribution in [0.5, 0.6) is 0 Å². The molecule has 0 fully saturated rings. The van der Waals surface area contributed by atoms with Gasteiger partial charge in [-0.15, -0.1) is 0 Å². The molecule has 1 amide bonds. The van der Waals surface area contributed by atoms with Gasteiger partial charge in [0.05, 0.1) is 0 Å². The summed E-state index contributed by atoms with van der Waals surface area (Å²) in [6, 6.07) is 8.05. The lowest BCUT2D eigenvalue weighted by Gasteiger charge is -2.20. The predicted molar refractivity (Wildman–Crippen MR) is 85.5 cm³/mol. The summed E-state index contributed by atoms with van der Waals surface area (Å²) in [7, 11) is 0. The molecule has 2 rings (SSSR count). The van der Waals surface area contributed by atoms with Crippen LogP contribution in [-0.2, 0) is 4.79 Å². The molecule has 2 nitrogen and oxygen atoms in total. The number of carbonyl (C=O) groups is 1. The summed E-state index contributed by atoms with van der Waals surface area (Å²) in [5.41, 5.74) is 5.55. The summed E-state index contributed by atoms with van der Waals surface area (Å²) < 4.78 is 0. The van der Waals surface area contributed by atoms with E-state index in [-0.39, 0.29) is 5.91 Å². The van der Waals surface area contributed by atoms with E-state index in [2.05, 4.69) is 31.3 Å². The van der Waals surface area contributed by atoms with Gasteiger partial charge in [-0.3, -0.25) is 4.79 Å². The van der Waals surface area contributed by atoms with Crippen LogP contribution < -0.4 is 5.32 Å². The highest BCUT2D eigenvalue weighted by Crippen LogP contribution is 2.37. The number of rotatable bonds is 2. The molecule has 0 spiro atoms. The van der Waals surface area contributed by atoms with Gasteiger partial charge >= 0.3 is 0 Å². The number of carbonyl (C=O) groups excluding carboxylic acids is 1. The molecule has 0 heterocycles. The van der Waals surface area contributed by atoms with Gasteiger partial charge in [0.25, 0.3) is 0 Å². The number of hydrogen-bond donors (Lipinski definition) is 1. The van der Waals surface area contributed by atoms with Gasteiger partial charge in [0, 0.05) is 16.7 Å². The first-order chi connectivity index (χ1) is 9.30. The average molecular weight is 269 g/mol. The number of nitrogens with one attached hydrogen (secondary N) is 1. The number of hydrogen-bond acceptors (Lipinski definition) is 1. The third-order valence-electron chi connectivity index (χ3n) is 3.66. The highest BCUT2D eigenvalue weighted by Gasteiger charge is 2.23. The number of benzene rings is 1. The van der Waals surface area contributed by atoms with Crippen LogP contribution >= 0.6 is 0 Å². The third kappa shape index (κ3) is 2.84. The van der Waals surface area contributed by atoms with Gasteiger partial charge in [-0.1, -0.05) is 50.6 Å². The summed E-state index contributed by atoms with van der Waals surface area (Å²) in [6.07, 6.45) is 3.25. The number of amides is 1. The molecule has 0 aliphatic heterocycles. The molecule has 0 atom stereocenters. The molecule has 0 unspecified atom stereocenters. The fraction of sp³-hybridized carbons (Fsp3) is 0.389. The molecule has 0 saturated carbocycles. The van der Waals surface area contributed by atoms with Crippen molar-refractivity contribution < 1.29 is 4.79 Å². The first-order valence-corrected chi connectivity index (χ1v) is 7.08. The molecule has 106 valence electrons. The summed E-state index contributed by atoms with van der Waals surface area (Å²) in [5.74, 6) is 0.0443. The Morgan fingerprint density at radius 1 is 1.15 bits per heavy atom. The Kier molecular flexibility index (Phi) is 3.85. The Morgan fingerprint density at radius 2 is 1.80 bits per heavy atom. The fourth-order valence-electron chi connectivity index (χ4n) is 2.41. The Hall–Kier alpha value is -1.83. The average Bonchev–Trinajstić information content (AvgIpc) is 2.69. The van der Waals surface area contributed by atoms with Gasteiger partial charge in [0.15, 0.2) is 0 Å². The summed E-state index contributed by atoms with van der Waals surface area (Å²) in [6.45, 7) is 10.1. The Balaban J connectivity index is 2.40. The van der Waals surface area contributed by atoms with E-state index in [0.29, 0.717) is 0 Å². The SMILES string of the molecule is CC1=CCC(C)=C1c1ccccc1NC(=O)C(C)(C)C. The Bertz CT molecular complexity index is 600. The summed E-state index contributed by atoms with van der Waals surface area (Å²) in [5, 5.41) is 3.07. The summed E-state index contributed by atoms with van der Waals surface area (Å²) in [4.78, 5) is 12.2. The molecule has 0 saturated heterocycles. The van der Waals surface area contributed by atoms with Crippen LogP contribution in [0.1, 0.15) is 46.6 Å². The van der Waals surface area contributed by atoms with Crippen molar-refractivity contribution >= 4 is 17.2 Å². The van der Waals surface area contributed by atoms with Gasteiger partial charge in [-0.25, -0.2) is 0 Å². The van der Waals surface area contributed by atoms with Crippen molar-refractivity contribution in [2.75, 3.05) is 5.32 Å². The second-order valence-corrected chi connectivity index (χ2v) is 6.50. The highest BCUT2D eigenvalue weighted by atomic mass is 16.2. The van der Waals surface area contributed by atoms with Crippen molar-refractivity contribution in [3.63, 3.8) is 0 Å². The minimum absolute atomic E-state index is 0.0443. The van der Waals surface area contributed by atoms with E-state index in [1.807, 2.05) is 39.0 Å². The lowest BCUT2D eigenvalue weighted by Crippen LogP contribution is -2.28. The molecular weight excluding hydrogens is 246 g/mol. The normalized spacial score (nSPS) is 15.3. The van der Waals surface area contributed by atoms with Crippen molar-refractivity contribution in [2.24, 2.45) is 5.41 Å². The molecule has 0 bridgehead atoms. The lowest BCUT2D eigenvalue weighted by atomic mass is 9.93. The number of anilines is 1. The third-order valence-corrected chi connectivity index (χ3v) is 3.66. The van der Waals surface area contributed by atoms with Crippen molar-refractivity contribution in [2.45, 2.75) is 41.0 Å². The summed E-state index contributed by atoms with van der Waals surface area (Å²) >= 11 is 0. The molecule has 0 aromatic heterocycles. The predicted octanol–water partition coefficient (Wildman–Crippen LogP) is 4.79. The van der Waals surface area contributed by atoms with Gasteiger partial charge in [0.1, 0.15) is 0 Å². The van der Waals surface area contributed by atoms with Crippen LogP contribution in [0.2, 0.25) is 0 Å². The van der Waals surface area contributed by atoms with E-state index < -0.39 is 5.41 Å². The second-order valence-electron chi connectivity index (χ2n) is 6.50. The first kappa shape index (κ1) is 14.6. The van der Waals surface area contributed by atoms with E-state index in [4.69, 9.17) is 0 Å². The van der Waals surface area contributed by atoms with Crippen LogP contribution in [0.25, 0.3) is 5.57 Å². The topological polar surface area (TPSA) is 29.1 Å². The maximum atomic E-state index is 12.2. The monoisotopic (exact) mass is 269 g/mol. The van der Waals surface area contributed by atoms with Crippen LogP contribution in [0.4, 0.5) is 5.69 Å². The molecule has 1 aliphatic rings. The van der Waals surface area contributed by atoms with Gasteiger partial charge in [0.2, 0.25) is 5.91 Å². The maximum Gasteiger partial charge on any atom is 0.229 e. The molecule has 1 aliphatic carbocycles. The zero-order valence-corrected chi connectivity index (χ0v) is 13.0. The Labute approximate surface area is 121 Å². The molecule has 1 N–H and O–H groups in total. The van der Waals surface area contributed by atoms with Crippen LogP contribution in [0, 0.1) is 5.41 Å². The van der Waals surface area contributed by atoms with Crippen molar-refractivity contribution in [3.05, 3.63) is 47.1 Å². The lowest BCUT2D eigenvalue weighted by molar-refractivity contribution is -0.123. The fourth-order valence-corrected chi connectivity index (χ4v) is 2.41. The van der Waals surface area contributed by atoms with Gasteiger partial charge in [-0.2, -0.15) is 0 Å². The zero-order valence-electron chi connectivity index (χ0n) is 13.0. The van der Waals surface area contributed by atoms with Crippen molar-refractivity contribution in [3.8, 4) is 0 Å². The smallest absolute Gasteiger partial charge is 0.229 e. The van der Waals surface area contributed by atoms with Crippen LogP contribution in [-0.4, -0.2) is 5.91 Å². The molecule has 2 heteroatoms. The number of para-hydroxylation sites is 1. The standard InChI is InChI=1S/C18H23NO/c1-12-10-11-13(2)16(12)14-8-6-7-9-15(14)19-17(20)18(3,4)5/h6-10H,11H2,1-5H3,(H,19,20). The van der Waals surface area contributed by atoms with Gasteiger partial charge < -0.3 is 5.32 Å². The Morgan fingerprint density at radius 3 is 2.35 bits per heavy atom. The van der Waals surface area contributed by atoms with E-state index in [9.17, 15) is 4.79 Å². The van der Waals surface area contributed by atoms with Crippen molar-refractivity contribution in [1.82, 2.24) is 0 Å². The van der Waals surface area contributed by atoms with Crippen LogP contribution in [0.15, 0.2) is 41.5 Å². The largest absolute Gasteiger partial charge is 0.325 e. The van der Waals surface area contributed by atoms with E-state index in [1.165, 1.54) is 16.7 Å². The molecule has 0 radical (unpaired) electrons. The molecule has 1 aromatic carbocycles. The molecule has 20 heavy (non-hydrogen) atoms. The first-order valence-electron chi connectivity index (χ1n) is 7.08. The molecule has 1 aromatic rings. The van der Waals surface area contributed by atoms with Crippen LogP contribution in [0.3, 0.4) is 0 Å². The molecular formula is C18H23NO. The van der Waals surface area contributed by atoms with Gasteiger partial charge in [-0.05, 0) is 37.5 Å². The van der Waals surface area contributed by atoms with E-state index in [0.717, 1.165) is 17.7 Å². The zero-order chi connectivity index (χ0) is 14.9. The maximum absolute atomic E-state index is 12.2. The number of allylic oxidation sites excluding steroid dienone is 4.